The highest BCUT2D eigenvalue weighted by Crippen LogP contribution is 2.31. The summed E-state index contributed by atoms with van der Waals surface area (Å²) in [7, 11) is 1.70. The summed E-state index contributed by atoms with van der Waals surface area (Å²) in [6.07, 6.45) is -0.307. The van der Waals surface area contributed by atoms with Crippen molar-refractivity contribution in [2.24, 2.45) is 0 Å². The van der Waals surface area contributed by atoms with Gasteiger partial charge in [-0.25, -0.2) is 0 Å². The Bertz CT molecular complexity index is 1390. The van der Waals surface area contributed by atoms with Gasteiger partial charge in [0, 0.05) is 18.2 Å². The average molecular weight is 441 g/mol. The molecule has 1 aliphatic heterocycles. The second-order valence-electron chi connectivity index (χ2n) is 8.12. The lowest BCUT2D eigenvalue weighted by Crippen LogP contribution is -2.41. The fourth-order valence-electron chi connectivity index (χ4n) is 4.09. The normalized spacial score (nSPS) is 14.8. The van der Waals surface area contributed by atoms with Gasteiger partial charge in [-0.1, -0.05) is 48.5 Å². The van der Waals surface area contributed by atoms with Crippen LogP contribution in [0.5, 0.6) is 11.5 Å². The monoisotopic (exact) mass is 441 g/mol. The Labute approximate surface area is 191 Å². The van der Waals surface area contributed by atoms with E-state index < -0.39 is 0 Å². The van der Waals surface area contributed by atoms with Crippen molar-refractivity contribution in [2.45, 2.75) is 13.0 Å². The van der Waals surface area contributed by atoms with Crippen LogP contribution in [0.25, 0.3) is 22.3 Å². The van der Waals surface area contributed by atoms with Gasteiger partial charge in [-0.3, -0.25) is 9.59 Å². The third-order valence-electron chi connectivity index (χ3n) is 5.80. The molecule has 0 N–H and O–H groups in total. The van der Waals surface area contributed by atoms with E-state index in [1.165, 1.54) is 0 Å². The Morgan fingerprint density at radius 1 is 0.970 bits per heavy atom. The second-order valence-corrected chi connectivity index (χ2v) is 8.12. The molecular weight excluding hydrogens is 418 g/mol. The number of hydrogen-bond acceptors (Lipinski definition) is 5. The molecule has 6 heteroatoms. The number of carbonyl (C=O) groups is 1. The van der Waals surface area contributed by atoms with Crippen LogP contribution in [0.3, 0.4) is 0 Å². The summed E-state index contributed by atoms with van der Waals surface area (Å²) in [5.41, 5.74) is 1.78. The summed E-state index contributed by atoms with van der Waals surface area (Å²) < 4.78 is 18.0. The smallest absolute Gasteiger partial charge is 0.257 e. The summed E-state index contributed by atoms with van der Waals surface area (Å²) in [5.74, 6) is 1.57. The van der Waals surface area contributed by atoms with Crippen LogP contribution in [0.2, 0.25) is 0 Å². The summed E-state index contributed by atoms with van der Waals surface area (Å²) >= 11 is 0. The van der Waals surface area contributed by atoms with Crippen molar-refractivity contribution in [1.29, 1.82) is 0 Å². The number of ether oxygens (including phenoxy) is 2. The maximum Gasteiger partial charge on any atom is 0.257 e. The van der Waals surface area contributed by atoms with Gasteiger partial charge in [-0.15, -0.1) is 0 Å². The van der Waals surface area contributed by atoms with Gasteiger partial charge >= 0.3 is 0 Å². The lowest BCUT2D eigenvalue weighted by molar-refractivity contribution is 0.0521. The molecule has 1 atom stereocenters. The van der Waals surface area contributed by atoms with Gasteiger partial charge in [0.25, 0.3) is 5.91 Å². The van der Waals surface area contributed by atoms with Gasteiger partial charge in [-0.05, 0) is 31.2 Å². The topological polar surface area (TPSA) is 69.0 Å². The number of likely N-dealkylation sites (N-methyl/N-ethyl adjacent to an activating group) is 1. The molecule has 0 radical (unpaired) electrons. The Morgan fingerprint density at radius 2 is 1.70 bits per heavy atom. The summed E-state index contributed by atoms with van der Waals surface area (Å²) in [4.78, 5) is 28.0. The minimum Gasteiger partial charge on any atom is -0.486 e. The Balaban J connectivity index is 1.47. The number of fused-ring (bicyclic) bond motifs is 2. The third kappa shape index (κ3) is 3.84. The standard InChI is InChI=1S/C27H23NO5/c1-17-24(29)20-11-8-12-21(26(20)33-25(17)18-9-4-3-5-10-18)27(30)28(2)15-19-16-31-22-13-6-7-14-23(22)32-19/h3-14,19H,15-16H2,1-2H3/t19-/m0/s1. The van der Waals surface area contributed by atoms with Crippen LogP contribution < -0.4 is 14.9 Å². The fraction of sp³-hybridized carbons (Fsp3) is 0.185. The molecular formula is C27H23NO5. The SMILES string of the molecule is Cc1c(-c2ccccc2)oc2c(C(=O)N(C)C[C@H]3COc4ccccc4O3)cccc2c1=O. The van der Waals surface area contributed by atoms with Crippen molar-refractivity contribution in [3.63, 3.8) is 0 Å². The molecule has 0 spiro atoms. The molecule has 0 aliphatic carbocycles. The van der Waals surface area contributed by atoms with Gasteiger partial charge in [0.05, 0.1) is 17.5 Å². The molecule has 0 bridgehead atoms. The summed E-state index contributed by atoms with van der Waals surface area (Å²) in [6, 6.07) is 22.0. The van der Waals surface area contributed by atoms with Crippen molar-refractivity contribution < 1.29 is 18.7 Å². The molecule has 0 fully saturated rings. The highest BCUT2D eigenvalue weighted by molar-refractivity contribution is 6.05. The molecule has 0 saturated heterocycles. The van der Waals surface area contributed by atoms with Crippen LogP contribution in [0.15, 0.2) is 82.0 Å². The maximum atomic E-state index is 13.4. The van der Waals surface area contributed by atoms with Crippen LogP contribution >= 0.6 is 0 Å². The molecule has 5 rings (SSSR count). The van der Waals surface area contributed by atoms with E-state index in [4.69, 9.17) is 13.9 Å². The van der Waals surface area contributed by atoms with E-state index in [0.29, 0.717) is 46.9 Å². The van der Waals surface area contributed by atoms with Gasteiger partial charge in [0.1, 0.15) is 12.4 Å². The molecule has 6 nitrogen and oxygen atoms in total. The third-order valence-corrected chi connectivity index (χ3v) is 5.80. The molecule has 0 saturated carbocycles. The number of hydrogen-bond donors (Lipinski definition) is 0. The second kappa shape index (κ2) is 8.47. The lowest BCUT2D eigenvalue weighted by atomic mass is 10.0. The minimum atomic E-state index is -0.307. The quantitative estimate of drug-likeness (QED) is 0.460. The minimum absolute atomic E-state index is 0.145. The molecule has 2 heterocycles. The van der Waals surface area contributed by atoms with E-state index >= 15 is 0 Å². The predicted octanol–water partition coefficient (Wildman–Crippen LogP) is 4.68. The van der Waals surface area contributed by atoms with Crippen LogP contribution in [0.4, 0.5) is 0 Å². The first-order valence-corrected chi connectivity index (χ1v) is 10.8. The molecule has 1 amide bonds. The number of nitrogens with zero attached hydrogens (tertiary/aromatic N) is 1. The molecule has 33 heavy (non-hydrogen) atoms. The number of carbonyl (C=O) groups excluding carboxylic acids is 1. The highest BCUT2D eigenvalue weighted by Gasteiger charge is 2.26. The van der Waals surface area contributed by atoms with E-state index in [9.17, 15) is 9.59 Å². The van der Waals surface area contributed by atoms with Crippen molar-refractivity contribution in [3.05, 3.63) is 94.1 Å². The Kier molecular flexibility index (Phi) is 5.34. The van der Waals surface area contributed by atoms with Gasteiger partial charge in [-0.2, -0.15) is 0 Å². The zero-order chi connectivity index (χ0) is 22.9. The van der Waals surface area contributed by atoms with E-state index in [0.717, 1.165) is 5.56 Å². The van der Waals surface area contributed by atoms with E-state index in [1.54, 1.807) is 37.1 Å². The van der Waals surface area contributed by atoms with Crippen LogP contribution in [0, 0.1) is 6.92 Å². The van der Waals surface area contributed by atoms with Gasteiger partial charge in [0.2, 0.25) is 0 Å². The zero-order valence-electron chi connectivity index (χ0n) is 18.4. The highest BCUT2D eigenvalue weighted by atomic mass is 16.6. The molecule has 3 aromatic carbocycles. The Hall–Kier alpha value is -4.06. The van der Waals surface area contributed by atoms with E-state index in [-0.39, 0.29) is 23.0 Å². The Morgan fingerprint density at radius 3 is 2.48 bits per heavy atom. The number of benzene rings is 3. The largest absolute Gasteiger partial charge is 0.486 e. The molecule has 1 aliphatic rings. The molecule has 0 unspecified atom stereocenters. The number of amides is 1. The summed E-state index contributed by atoms with van der Waals surface area (Å²) in [5, 5.41) is 0.387. The zero-order valence-corrected chi connectivity index (χ0v) is 18.4. The van der Waals surface area contributed by atoms with Crippen LogP contribution in [0.1, 0.15) is 15.9 Å². The van der Waals surface area contributed by atoms with Crippen molar-refractivity contribution in [3.8, 4) is 22.8 Å². The van der Waals surface area contributed by atoms with E-state index in [2.05, 4.69) is 0 Å². The predicted molar refractivity (Wildman–Crippen MR) is 126 cm³/mol. The molecule has 4 aromatic rings. The summed E-state index contributed by atoms with van der Waals surface area (Å²) in [6.45, 7) is 2.41. The van der Waals surface area contributed by atoms with E-state index in [1.807, 2.05) is 54.6 Å². The van der Waals surface area contributed by atoms with Gasteiger partial charge < -0.3 is 18.8 Å². The molecule has 1 aromatic heterocycles. The van der Waals surface area contributed by atoms with Crippen molar-refractivity contribution in [2.75, 3.05) is 20.2 Å². The van der Waals surface area contributed by atoms with Crippen LogP contribution in [-0.4, -0.2) is 37.1 Å². The fourth-order valence-corrected chi connectivity index (χ4v) is 4.09. The molecule has 166 valence electrons. The van der Waals surface area contributed by atoms with Gasteiger partial charge in [0.15, 0.2) is 28.6 Å². The van der Waals surface area contributed by atoms with Crippen LogP contribution in [-0.2, 0) is 0 Å². The average Bonchev–Trinajstić information content (AvgIpc) is 2.86. The first-order valence-electron chi connectivity index (χ1n) is 10.8. The number of rotatable bonds is 4. The lowest BCUT2D eigenvalue weighted by Gasteiger charge is -2.29. The first-order chi connectivity index (χ1) is 16.0. The first kappa shape index (κ1) is 20.8. The van der Waals surface area contributed by atoms with Crippen molar-refractivity contribution >= 4 is 16.9 Å². The maximum absolute atomic E-state index is 13.4. The number of para-hydroxylation sites is 3. The van der Waals surface area contributed by atoms with Crippen molar-refractivity contribution in [1.82, 2.24) is 4.90 Å².